The van der Waals surface area contributed by atoms with Crippen LogP contribution in [0.5, 0.6) is 0 Å². The number of carbonyl (C=O) groups excluding carboxylic acids is 1. The number of aromatic nitrogens is 1. The Balaban J connectivity index is 1.73. The molecule has 0 atom stereocenters. The Hall–Kier alpha value is -1.71. The number of hydrogen-bond donors (Lipinski definition) is 2. The second-order valence-electron chi connectivity index (χ2n) is 7.79. The average Bonchev–Trinajstić information content (AvgIpc) is 3.38. The Morgan fingerprint density at radius 2 is 1.93 bits per heavy atom. The number of nitrogens with zero attached hydrogens (tertiary/aromatic N) is 2. The second-order valence-corrected chi connectivity index (χ2v) is 11.6. The van der Waals surface area contributed by atoms with Gasteiger partial charge >= 0.3 is 12.0 Å². The quantitative estimate of drug-likeness (QED) is 0.462. The Morgan fingerprint density at radius 3 is 2.53 bits per heavy atom. The van der Waals surface area contributed by atoms with E-state index in [0.717, 1.165) is 27.6 Å². The van der Waals surface area contributed by atoms with E-state index in [1.54, 1.807) is 36.7 Å². The molecule has 0 bridgehead atoms. The summed E-state index contributed by atoms with van der Waals surface area (Å²) in [7, 11) is 0. The topological polar surface area (TPSA) is 82.5 Å². The Labute approximate surface area is 189 Å². The molecular formula is C21H27N3O3S3. The lowest BCUT2D eigenvalue weighted by Crippen LogP contribution is -2.38. The van der Waals surface area contributed by atoms with Gasteiger partial charge in [-0.05, 0) is 63.1 Å². The molecule has 1 saturated carbocycles. The number of anilines is 2. The first-order valence-corrected chi connectivity index (χ1v) is 12.7. The van der Waals surface area contributed by atoms with Crippen molar-refractivity contribution in [3.8, 4) is 0 Å². The lowest BCUT2D eigenvalue weighted by atomic mass is 10.1. The Morgan fingerprint density at radius 1 is 1.27 bits per heavy atom. The zero-order chi connectivity index (χ0) is 21.7. The van der Waals surface area contributed by atoms with Crippen LogP contribution in [0, 0.1) is 5.92 Å². The fourth-order valence-corrected chi connectivity index (χ4v) is 6.01. The molecule has 9 heteroatoms. The van der Waals surface area contributed by atoms with Gasteiger partial charge in [-0.2, -0.15) is 0 Å². The lowest BCUT2D eigenvalue weighted by Gasteiger charge is -2.26. The largest absolute Gasteiger partial charge is 0.480 e. The third-order valence-electron chi connectivity index (χ3n) is 5.11. The van der Waals surface area contributed by atoms with Crippen LogP contribution in [0.15, 0.2) is 39.6 Å². The predicted molar refractivity (Wildman–Crippen MR) is 126 cm³/mol. The number of thioether (sulfide) groups is 2. The van der Waals surface area contributed by atoms with Crippen molar-refractivity contribution in [3.63, 3.8) is 0 Å². The zero-order valence-corrected chi connectivity index (χ0v) is 19.8. The lowest BCUT2D eigenvalue weighted by molar-refractivity contribution is -0.138. The van der Waals surface area contributed by atoms with E-state index in [4.69, 9.17) is 0 Å². The van der Waals surface area contributed by atoms with Gasteiger partial charge in [0.15, 0.2) is 5.13 Å². The zero-order valence-electron chi connectivity index (χ0n) is 17.4. The van der Waals surface area contributed by atoms with Gasteiger partial charge in [0, 0.05) is 17.1 Å². The maximum atomic E-state index is 13.1. The third-order valence-corrected chi connectivity index (χ3v) is 8.06. The van der Waals surface area contributed by atoms with Gasteiger partial charge in [0.25, 0.3) is 0 Å². The first-order valence-electron chi connectivity index (χ1n) is 9.89. The highest BCUT2D eigenvalue weighted by atomic mass is 32.2. The smallest absolute Gasteiger partial charge is 0.328 e. The van der Waals surface area contributed by atoms with Crippen LogP contribution in [-0.2, 0) is 4.79 Å². The third kappa shape index (κ3) is 5.92. The minimum absolute atomic E-state index is 0.206. The number of carboxylic acids is 1. The van der Waals surface area contributed by atoms with E-state index in [9.17, 15) is 14.7 Å². The van der Waals surface area contributed by atoms with Crippen LogP contribution in [0.4, 0.5) is 15.6 Å². The van der Waals surface area contributed by atoms with Crippen molar-refractivity contribution in [1.82, 2.24) is 4.98 Å². The molecule has 0 radical (unpaired) electrons. The number of carbonyl (C=O) groups is 2. The molecule has 2 N–H and O–H groups in total. The molecule has 30 heavy (non-hydrogen) atoms. The van der Waals surface area contributed by atoms with Crippen LogP contribution in [0.25, 0.3) is 0 Å². The number of amides is 2. The van der Waals surface area contributed by atoms with E-state index < -0.39 is 10.7 Å². The van der Waals surface area contributed by atoms with Gasteiger partial charge in [-0.15, -0.1) is 11.8 Å². The Bertz CT molecular complexity index is 877. The first kappa shape index (κ1) is 23.0. The van der Waals surface area contributed by atoms with E-state index in [0.29, 0.717) is 17.6 Å². The predicted octanol–water partition coefficient (Wildman–Crippen LogP) is 6.05. The van der Waals surface area contributed by atoms with Crippen molar-refractivity contribution in [2.24, 2.45) is 5.92 Å². The summed E-state index contributed by atoms with van der Waals surface area (Å²) in [4.78, 5) is 31.7. The molecule has 0 unspecified atom stereocenters. The van der Waals surface area contributed by atoms with E-state index in [1.165, 1.54) is 35.9 Å². The number of aliphatic carboxylic acids is 1. The number of urea groups is 1. The van der Waals surface area contributed by atoms with Crippen LogP contribution in [0.2, 0.25) is 0 Å². The number of nitrogens with one attached hydrogen (secondary N) is 1. The van der Waals surface area contributed by atoms with Gasteiger partial charge in [-0.1, -0.05) is 35.9 Å². The highest BCUT2D eigenvalue weighted by Crippen LogP contribution is 2.37. The molecule has 0 aliphatic heterocycles. The van der Waals surface area contributed by atoms with Crippen molar-refractivity contribution in [2.45, 2.75) is 53.4 Å². The number of carboxylic acid groups (broad SMARTS) is 1. The summed E-state index contributed by atoms with van der Waals surface area (Å²) in [5, 5.41) is 12.7. The fraction of sp³-hybridized carbons (Fsp3) is 0.476. The standard InChI is InChI=1S/C21H27N3O3S3/c1-21(2,18(25)26)30-17-12-22-19(29-17)23-20(27)24(13-14-6-4-5-7-14)15-8-10-16(28-3)11-9-15/h8-12,14H,4-7,13H2,1-3H3,(H,25,26)(H,22,23,27). The molecule has 1 aromatic carbocycles. The second kappa shape index (κ2) is 10.1. The molecule has 6 nitrogen and oxygen atoms in total. The van der Waals surface area contributed by atoms with Crippen molar-refractivity contribution < 1.29 is 14.7 Å². The van der Waals surface area contributed by atoms with Crippen molar-refractivity contribution in [2.75, 3.05) is 23.0 Å². The molecule has 162 valence electrons. The van der Waals surface area contributed by atoms with Crippen LogP contribution in [-0.4, -0.2) is 39.6 Å². The Kier molecular flexibility index (Phi) is 7.70. The van der Waals surface area contributed by atoms with E-state index in [-0.39, 0.29) is 6.03 Å². The van der Waals surface area contributed by atoms with Crippen molar-refractivity contribution in [1.29, 1.82) is 0 Å². The molecule has 0 saturated heterocycles. The maximum Gasteiger partial charge on any atom is 0.328 e. The van der Waals surface area contributed by atoms with Crippen LogP contribution >= 0.6 is 34.9 Å². The number of thiazole rings is 1. The van der Waals surface area contributed by atoms with Crippen molar-refractivity contribution in [3.05, 3.63) is 30.5 Å². The molecule has 1 heterocycles. The molecule has 0 spiro atoms. The number of hydrogen-bond acceptors (Lipinski definition) is 6. The van der Waals surface area contributed by atoms with Gasteiger partial charge in [0.05, 0.1) is 10.4 Å². The SMILES string of the molecule is CSc1ccc(N(CC2CCCC2)C(=O)Nc2ncc(SC(C)(C)C(=O)O)s2)cc1. The van der Waals surface area contributed by atoms with Gasteiger partial charge in [-0.25, -0.2) is 9.78 Å². The number of benzene rings is 1. The van der Waals surface area contributed by atoms with E-state index in [1.807, 2.05) is 30.5 Å². The van der Waals surface area contributed by atoms with E-state index in [2.05, 4.69) is 10.3 Å². The molecule has 2 aromatic rings. The van der Waals surface area contributed by atoms with Crippen LogP contribution in [0.1, 0.15) is 39.5 Å². The van der Waals surface area contributed by atoms with Gasteiger partial charge in [0.1, 0.15) is 4.75 Å². The molecule has 3 rings (SSSR count). The van der Waals surface area contributed by atoms with Gasteiger partial charge < -0.3 is 5.11 Å². The summed E-state index contributed by atoms with van der Waals surface area (Å²) in [5.74, 6) is -0.377. The fourth-order valence-electron chi connectivity index (χ4n) is 3.34. The minimum atomic E-state index is -0.957. The maximum absolute atomic E-state index is 13.1. The van der Waals surface area contributed by atoms with Gasteiger partial charge in [-0.3, -0.25) is 15.0 Å². The monoisotopic (exact) mass is 465 g/mol. The molecule has 1 aromatic heterocycles. The highest BCUT2D eigenvalue weighted by Gasteiger charge is 2.30. The summed E-state index contributed by atoms with van der Waals surface area (Å²) in [6.45, 7) is 3.99. The summed E-state index contributed by atoms with van der Waals surface area (Å²) in [6, 6.07) is 7.82. The summed E-state index contributed by atoms with van der Waals surface area (Å²) in [5.41, 5.74) is 0.871. The molecule has 1 fully saturated rings. The summed E-state index contributed by atoms with van der Waals surface area (Å²) < 4.78 is -0.203. The van der Waals surface area contributed by atoms with Gasteiger partial charge in [0.2, 0.25) is 0 Å². The van der Waals surface area contributed by atoms with Crippen LogP contribution in [0.3, 0.4) is 0 Å². The number of rotatable bonds is 8. The molecular weight excluding hydrogens is 438 g/mol. The molecule has 2 amide bonds. The summed E-state index contributed by atoms with van der Waals surface area (Å²) in [6.07, 6.45) is 8.38. The van der Waals surface area contributed by atoms with Crippen molar-refractivity contribution >= 4 is 57.7 Å². The first-order chi connectivity index (χ1) is 14.3. The van der Waals surface area contributed by atoms with E-state index >= 15 is 0 Å². The minimum Gasteiger partial charge on any atom is -0.480 e. The molecule has 1 aliphatic carbocycles. The van der Waals surface area contributed by atoms with Crippen LogP contribution < -0.4 is 10.2 Å². The normalized spacial score (nSPS) is 14.6. The summed E-state index contributed by atoms with van der Waals surface area (Å²) >= 11 is 4.19. The highest BCUT2D eigenvalue weighted by molar-refractivity contribution is 8.03. The average molecular weight is 466 g/mol. The molecule has 1 aliphatic rings.